The van der Waals surface area contributed by atoms with Gasteiger partial charge in [0.05, 0.1) is 5.41 Å². The number of carbonyl (C=O) groups excluding carboxylic acids is 4. The molecule has 0 spiro atoms. The van der Waals surface area contributed by atoms with Gasteiger partial charge in [0.15, 0.2) is 0 Å². The van der Waals surface area contributed by atoms with Crippen molar-refractivity contribution in [2.45, 2.75) is 0 Å². The Kier molecular flexibility index (Phi) is 21.2. The molecule has 8 aromatic rings. The highest BCUT2D eigenvalue weighted by Gasteiger charge is 2.39. The van der Waals surface area contributed by atoms with E-state index in [-0.39, 0.29) is 22.3 Å². The normalized spacial score (nSPS) is 10.4. The zero-order valence-corrected chi connectivity index (χ0v) is 45.1. The second-order valence-corrected chi connectivity index (χ2v) is 18.4. The van der Waals surface area contributed by atoms with Gasteiger partial charge in [-0.3, -0.25) is 19.6 Å². The van der Waals surface area contributed by atoms with Crippen LogP contribution < -0.4 is 0 Å². The summed E-state index contributed by atoms with van der Waals surface area (Å²) in [6, 6.07) is 76.2. The Morgan fingerprint density at radius 2 is 0.400 bits per heavy atom. The average Bonchev–Trinajstić information content (AvgIpc) is 3.72. The zero-order chi connectivity index (χ0) is 59.6. The topological polar surface area (TPSA) is 237 Å². The van der Waals surface area contributed by atoms with Crippen molar-refractivity contribution in [2.75, 3.05) is 26.4 Å². The zero-order valence-electron chi connectivity index (χ0n) is 45.1. The van der Waals surface area contributed by atoms with Gasteiger partial charge in [0.25, 0.3) is 0 Å². The van der Waals surface area contributed by atoms with Crippen LogP contribution in [-0.2, 0) is 58.3 Å². The van der Waals surface area contributed by atoms with Crippen LogP contribution >= 0.6 is 0 Å². The van der Waals surface area contributed by atoms with Crippen molar-refractivity contribution >= 4 is 46.2 Å². The van der Waals surface area contributed by atoms with Crippen molar-refractivity contribution in [1.82, 2.24) is 0 Å². The van der Waals surface area contributed by atoms with Crippen LogP contribution in [0.15, 0.2) is 265 Å². The molecule has 0 amide bonds. The fourth-order valence-corrected chi connectivity index (χ4v) is 8.72. The maximum absolute atomic E-state index is 14.1. The van der Waals surface area contributed by atoms with Crippen molar-refractivity contribution < 1.29 is 58.3 Å². The number of rotatable bonds is 24. The Balaban J connectivity index is 1.17. The van der Waals surface area contributed by atoms with Crippen molar-refractivity contribution in [3.8, 4) is 24.3 Å². The van der Waals surface area contributed by atoms with Gasteiger partial charge in [-0.05, 0) is 44.5 Å². The minimum absolute atomic E-state index is 0.189. The van der Waals surface area contributed by atoms with Gasteiger partial charge in [-0.2, -0.15) is 40.6 Å². The van der Waals surface area contributed by atoms with Gasteiger partial charge in [0, 0.05) is 22.3 Å². The van der Waals surface area contributed by atoms with Crippen LogP contribution in [0.5, 0.6) is 0 Å². The third-order valence-electron chi connectivity index (χ3n) is 12.8. The summed E-state index contributed by atoms with van der Waals surface area (Å²) in [4.78, 5) is 100. The van der Waals surface area contributed by atoms with E-state index >= 15 is 0 Å². The number of benzene rings is 8. The molecule has 0 N–H and O–H groups in total. The number of nitrogens with zero attached hydrogens (tertiary/aromatic N) is 4. The maximum Gasteiger partial charge on any atom is 0.384 e. The highest BCUT2D eigenvalue weighted by Crippen LogP contribution is 2.33. The van der Waals surface area contributed by atoms with E-state index in [0.717, 1.165) is 0 Å². The van der Waals surface area contributed by atoms with Gasteiger partial charge < -0.3 is 0 Å². The van der Waals surface area contributed by atoms with E-state index in [4.69, 9.17) is 39.1 Å². The van der Waals surface area contributed by atoms with Crippen molar-refractivity contribution in [3.05, 3.63) is 309 Å². The van der Waals surface area contributed by atoms with Crippen LogP contribution in [0.1, 0.15) is 44.5 Å². The monoisotopic (exact) mass is 1120 g/mol. The molecule has 0 atom stereocenters. The lowest BCUT2D eigenvalue weighted by Crippen LogP contribution is -2.42. The predicted octanol–water partition coefficient (Wildman–Crippen LogP) is 12.0. The summed E-state index contributed by atoms with van der Waals surface area (Å²) in [5, 5.41) is 42.2. The standard InChI is InChI=1S/C69H48N4O12/c70-41-57(61(49-25-9-1-10-26-49)50-27-11-2-12-28-50)65(74)82-78-45-69(46-79-83-66(75)58(42-71)62(51-29-13-3-14-30-51)52-31-15-4-16-32-52,47-80-84-67(76)59(43-72)63(53-33-17-5-18-34-53)54-35-19-6-20-36-54)48-81-85-68(77)60(44-73)64(55-37-21-7-22-38-55)56-39-23-8-24-40-56/h1-40H,45-48H2. The first kappa shape index (κ1) is 59.5. The van der Waals surface area contributed by atoms with Gasteiger partial charge in [0.2, 0.25) is 0 Å². The molecular weight excluding hydrogens is 1080 g/mol. The first-order chi connectivity index (χ1) is 41.7. The fourth-order valence-electron chi connectivity index (χ4n) is 8.72. The molecule has 0 saturated carbocycles. The summed E-state index contributed by atoms with van der Waals surface area (Å²) in [6.45, 7) is -3.73. The van der Waals surface area contributed by atoms with Crippen LogP contribution in [0.4, 0.5) is 0 Å². The summed E-state index contributed by atoms with van der Waals surface area (Å²) in [7, 11) is 0. The van der Waals surface area contributed by atoms with E-state index in [1.165, 1.54) is 0 Å². The SMILES string of the molecule is N#CC(C(=O)OOCC(COOC(=O)C(C#N)=C(c1ccccc1)c1ccccc1)(COOC(=O)C(C#N)=C(c1ccccc1)c1ccccc1)COOC(=O)C(C#N)=C(c1ccccc1)c1ccccc1)=C(c1ccccc1)c1ccccc1. The molecule has 8 rings (SSSR count). The van der Waals surface area contributed by atoms with Crippen molar-refractivity contribution in [2.24, 2.45) is 5.41 Å². The molecule has 0 unspecified atom stereocenters. The largest absolute Gasteiger partial charge is 0.384 e. The van der Waals surface area contributed by atoms with E-state index in [1.807, 2.05) is 24.3 Å². The van der Waals surface area contributed by atoms with Crippen LogP contribution in [0.3, 0.4) is 0 Å². The van der Waals surface area contributed by atoms with Gasteiger partial charge in [0.1, 0.15) is 73.0 Å². The summed E-state index contributed by atoms with van der Waals surface area (Å²) in [5.41, 5.74) is 0.526. The third-order valence-corrected chi connectivity index (χ3v) is 12.8. The molecule has 0 saturated heterocycles. The molecule has 0 fully saturated rings. The van der Waals surface area contributed by atoms with E-state index in [2.05, 4.69) is 0 Å². The number of nitriles is 4. The second-order valence-electron chi connectivity index (χ2n) is 18.4. The summed E-state index contributed by atoms with van der Waals surface area (Å²) in [5.74, 6) is -5.11. The molecule has 416 valence electrons. The molecule has 0 heterocycles. The first-order valence-corrected chi connectivity index (χ1v) is 26.0. The summed E-state index contributed by atoms with van der Waals surface area (Å²) >= 11 is 0. The fraction of sp³-hybridized carbons (Fsp3) is 0.0725. The van der Waals surface area contributed by atoms with E-state index in [9.17, 15) is 40.2 Å². The smallest absolute Gasteiger partial charge is 0.292 e. The Morgan fingerprint density at radius 3 is 0.529 bits per heavy atom. The number of hydrogen-bond donors (Lipinski definition) is 0. The molecule has 0 radical (unpaired) electrons. The van der Waals surface area contributed by atoms with Crippen molar-refractivity contribution in [1.29, 1.82) is 21.0 Å². The number of hydrogen-bond acceptors (Lipinski definition) is 16. The van der Waals surface area contributed by atoms with Crippen LogP contribution in [0, 0.1) is 50.7 Å². The van der Waals surface area contributed by atoms with Gasteiger partial charge in [-0.25, -0.2) is 19.2 Å². The molecule has 0 bridgehead atoms. The predicted molar refractivity (Wildman–Crippen MR) is 309 cm³/mol. The van der Waals surface area contributed by atoms with Gasteiger partial charge >= 0.3 is 23.9 Å². The third kappa shape index (κ3) is 15.4. The molecule has 16 nitrogen and oxygen atoms in total. The summed E-state index contributed by atoms with van der Waals surface area (Å²) < 4.78 is 0. The lowest BCUT2D eigenvalue weighted by atomic mass is 9.92. The maximum atomic E-state index is 14.1. The molecule has 0 aliphatic heterocycles. The Morgan fingerprint density at radius 1 is 0.259 bits per heavy atom. The van der Waals surface area contributed by atoms with Gasteiger partial charge in [-0.1, -0.05) is 243 Å². The van der Waals surface area contributed by atoms with Crippen LogP contribution in [0.2, 0.25) is 0 Å². The van der Waals surface area contributed by atoms with E-state index in [1.54, 1.807) is 243 Å². The quantitative estimate of drug-likeness (QED) is 0.0237. The first-order valence-electron chi connectivity index (χ1n) is 26.0. The number of carbonyl (C=O) groups is 4. The molecule has 8 aromatic carbocycles. The van der Waals surface area contributed by atoms with Gasteiger partial charge in [-0.15, -0.1) is 0 Å². The minimum Gasteiger partial charge on any atom is -0.292 e. The minimum atomic E-state index is -2.12. The van der Waals surface area contributed by atoms with Crippen LogP contribution in [0.25, 0.3) is 22.3 Å². The molecular formula is C69H48N4O12. The average molecular weight is 1130 g/mol. The Labute approximate surface area is 489 Å². The van der Waals surface area contributed by atoms with Crippen molar-refractivity contribution in [3.63, 3.8) is 0 Å². The second kappa shape index (κ2) is 30.3. The van der Waals surface area contributed by atoms with E-state index < -0.39 is 78.0 Å². The highest BCUT2D eigenvalue weighted by atomic mass is 17.2. The lowest BCUT2D eigenvalue weighted by Gasteiger charge is -2.29. The highest BCUT2D eigenvalue weighted by molar-refractivity contribution is 6.07. The summed E-state index contributed by atoms with van der Waals surface area (Å²) in [6.07, 6.45) is 0. The lowest BCUT2D eigenvalue weighted by molar-refractivity contribution is -0.359. The molecule has 0 aliphatic carbocycles. The Bertz CT molecular complexity index is 3240. The Hall–Kier alpha value is -11.6. The molecule has 16 heteroatoms. The van der Waals surface area contributed by atoms with E-state index in [0.29, 0.717) is 44.5 Å². The van der Waals surface area contributed by atoms with Crippen LogP contribution in [-0.4, -0.2) is 50.3 Å². The molecule has 85 heavy (non-hydrogen) atoms. The molecule has 0 aromatic heterocycles. The molecule has 0 aliphatic rings.